The lowest BCUT2D eigenvalue weighted by molar-refractivity contribution is -0.120. The monoisotopic (exact) mass is 159 g/mol. The third-order valence-electron chi connectivity index (χ3n) is 1.48. The van der Waals surface area contributed by atoms with Gasteiger partial charge in [0.25, 0.3) is 0 Å². The zero-order chi connectivity index (χ0) is 8.53. The van der Waals surface area contributed by atoms with Gasteiger partial charge in [0, 0.05) is 19.6 Å². The molecule has 3 nitrogen and oxygen atoms in total. The van der Waals surface area contributed by atoms with Gasteiger partial charge in [-0.15, -0.1) is 0 Å². The van der Waals surface area contributed by atoms with Crippen molar-refractivity contribution >= 4 is 5.91 Å². The quantitative estimate of drug-likeness (QED) is 0.560. The van der Waals surface area contributed by atoms with Crippen LogP contribution in [0, 0.1) is 0 Å². The summed E-state index contributed by atoms with van der Waals surface area (Å²) in [7, 11) is 0. The normalized spacial score (nSPS) is 9.64. The molecule has 0 aliphatic heterocycles. The molecule has 0 aromatic carbocycles. The molecule has 0 saturated heterocycles. The van der Waals surface area contributed by atoms with Crippen LogP contribution in [0.5, 0.6) is 0 Å². The fraction of sp³-hybridized carbons (Fsp3) is 0.875. The molecule has 0 aliphatic rings. The first kappa shape index (κ1) is 10.4. The SMILES string of the molecule is CCC(=O)NCCCCCO. The lowest BCUT2D eigenvalue weighted by atomic mass is 10.2. The van der Waals surface area contributed by atoms with Gasteiger partial charge in [-0.3, -0.25) is 4.79 Å². The molecule has 0 bridgehead atoms. The van der Waals surface area contributed by atoms with Crippen LogP contribution < -0.4 is 5.32 Å². The minimum absolute atomic E-state index is 0.106. The van der Waals surface area contributed by atoms with Crippen molar-refractivity contribution in [3.63, 3.8) is 0 Å². The van der Waals surface area contributed by atoms with Gasteiger partial charge >= 0.3 is 0 Å². The number of amides is 1. The molecule has 3 heteroatoms. The average Bonchev–Trinajstić information content (AvgIpc) is 2.04. The molecule has 0 heterocycles. The Labute approximate surface area is 67.8 Å². The lowest BCUT2D eigenvalue weighted by Gasteiger charge is -2.01. The highest BCUT2D eigenvalue weighted by molar-refractivity contribution is 5.75. The van der Waals surface area contributed by atoms with E-state index in [1.807, 2.05) is 6.92 Å². The maximum absolute atomic E-state index is 10.7. The first-order valence-corrected chi connectivity index (χ1v) is 4.18. The summed E-state index contributed by atoms with van der Waals surface area (Å²) in [4.78, 5) is 10.7. The van der Waals surface area contributed by atoms with Gasteiger partial charge in [-0.25, -0.2) is 0 Å². The van der Waals surface area contributed by atoms with Gasteiger partial charge in [0.15, 0.2) is 0 Å². The highest BCUT2D eigenvalue weighted by Gasteiger charge is 1.93. The maximum atomic E-state index is 10.7. The highest BCUT2D eigenvalue weighted by atomic mass is 16.2. The summed E-state index contributed by atoms with van der Waals surface area (Å²) in [5, 5.41) is 11.2. The molecule has 0 unspecified atom stereocenters. The van der Waals surface area contributed by atoms with E-state index in [9.17, 15) is 4.79 Å². The summed E-state index contributed by atoms with van der Waals surface area (Å²) < 4.78 is 0. The molecule has 66 valence electrons. The third-order valence-corrected chi connectivity index (χ3v) is 1.48. The highest BCUT2D eigenvalue weighted by Crippen LogP contribution is 1.91. The van der Waals surface area contributed by atoms with Crippen LogP contribution in [-0.4, -0.2) is 24.2 Å². The molecular formula is C8H17NO2. The molecule has 0 radical (unpaired) electrons. The smallest absolute Gasteiger partial charge is 0.219 e. The molecular weight excluding hydrogens is 142 g/mol. The lowest BCUT2D eigenvalue weighted by Crippen LogP contribution is -2.23. The summed E-state index contributed by atoms with van der Waals surface area (Å²) in [5.74, 6) is 0.106. The summed E-state index contributed by atoms with van der Waals surface area (Å²) in [6, 6.07) is 0. The van der Waals surface area contributed by atoms with Crippen molar-refractivity contribution in [2.75, 3.05) is 13.2 Å². The summed E-state index contributed by atoms with van der Waals surface area (Å²) in [6.45, 7) is 2.83. The van der Waals surface area contributed by atoms with Crippen LogP contribution in [0.2, 0.25) is 0 Å². The van der Waals surface area contributed by atoms with Crippen LogP contribution >= 0.6 is 0 Å². The minimum Gasteiger partial charge on any atom is -0.396 e. The number of hydrogen-bond acceptors (Lipinski definition) is 2. The number of rotatable bonds is 6. The van der Waals surface area contributed by atoms with E-state index in [0.717, 1.165) is 25.8 Å². The van der Waals surface area contributed by atoms with Crippen molar-refractivity contribution < 1.29 is 9.90 Å². The van der Waals surface area contributed by atoms with Gasteiger partial charge in [-0.2, -0.15) is 0 Å². The van der Waals surface area contributed by atoms with Gasteiger partial charge in [-0.1, -0.05) is 6.92 Å². The fourth-order valence-electron chi connectivity index (χ4n) is 0.766. The number of hydrogen-bond donors (Lipinski definition) is 2. The molecule has 11 heavy (non-hydrogen) atoms. The molecule has 0 aliphatic carbocycles. The summed E-state index contributed by atoms with van der Waals surface area (Å²) in [5.41, 5.74) is 0. The second kappa shape index (κ2) is 7.54. The Balaban J connectivity index is 2.95. The molecule has 1 amide bonds. The topological polar surface area (TPSA) is 49.3 Å². The van der Waals surface area contributed by atoms with Crippen LogP contribution in [0.25, 0.3) is 0 Å². The number of aliphatic hydroxyl groups excluding tert-OH is 1. The summed E-state index contributed by atoms with van der Waals surface area (Å²) in [6.07, 6.45) is 3.34. The van der Waals surface area contributed by atoms with Crippen LogP contribution in [-0.2, 0) is 4.79 Å². The fourth-order valence-corrected chi connectivity index (χ4v) is 0.766. The van der Waals surface area contributed by atoms with E-state index < -0.39 is 0 Å². The van der Waals surface area contributed by atoms with E-state index in [0.29, 0.717) is 6.42 Å². The van der Waals surface area contributed by atoms with Gasteiger partial charge in [0.1, 0.15) is 0 Å². The first-order valence-electron chi connectivity index (χ1n) is 4.18. The molecule has 0 spiro atoms. The minimum atomic E-state index is 0.106. The van der Waals surface area contributed by atoms with Crippen molar-refractivity contribution in [3.05, 3.63) is 0 Å². The number of unbranched alkanes of at least 4 members (excludes halogenated alkanes) is 2. The first-order chi connectivity index (χ1) is 5.31. The van der Waals surface area contributed by atoms with Crippen LogP contribution in [0.1, 0.15) is 32.6 Å². The molecule has 0 atom stereocenters. The van der Waals surface area contributed by atoms with Crippen molar-refractivity contribution in [2.24, 2.45) is 0 Å². The van der Waals surface area contributed by atoms with Crippen molar-refractivity contribution in [1.29, 1.82) is 0 Å². The standard InChI is InChI=1S/C8H17NO2/c1-2-8(11)9-6-4-3-5-7-10/h10H,2-7H2,1H3,(H,9,11). The Morgan fingerprint density at radius 1 is 1.36 bits per heavy atom. The van der Waals surface area contributed by atoms with Crippen LogP contribution in [0.3, 0.4) is 0 Å². The average molecular weight is 159 g/mol. The predicted molar refractivity (Wildman–Crippen MR) is 44.2 cm³/mol. The maximum Gasteiger partial charge on any atom is 0.219 e. The van der Waals surface area contributed by atoms with Crippen molar-refractivity contribution in [3.8, 4) is 0 Å². The van der Waals surface area contributed by atoms with E-state index in [4.69, 9.17) is 5.11 Å². The largest absolute Gasteiger partial charge is 0.396 e. The van der Waals surface area contributed by atoms with E-state index in [2.05, 4.69) is 5.32 Å². The van der Waals surface area contributed by atoms with Crippen molar-refractivity contribution in [2.45, 2.75) is 32.6 Å². The van der Waals surface area contributed by atoms with Crippen molar-refractivity contribution in [1.82, 2.24) is 5.32 Å². The Bertz CT molecular complexity index is 104. The molecule has 0 fully saturated rings. The number of nitrogens with one attached hydrogen (secondary N) is 1. The van der Waals surface area contributed by atoms with Gasteiger partial charge in [0.2, 0.25) is 5.91 Å². The van der Waals surface area contributed by atoms with E-state index in [1.165, 1.54) is 0 Å². The van der Waals surface area contributed by atoms with Gasteiger partial charge in [-0.05, 0) is 19.3 Å². The number of carbonyl (C=O) groups is 1. The molecule has 0 aromatic rings. The molecule has 0 saturated carbocycles. The molecule has 2 N–H and O–H groups in total. The Kier molecular flexibility index (Phi) is 7.15. The summed E-state index contributed by atoms with van der Waals surface area (Å²) >= 11 is 0. The Morgan fingerprint density at radius 2 is 2.09 bits per heavy atom. The van der Waals surface area contributed by atoms with Gasteiger partial charge < -0.3 is 10.4 Å². The molecule has 0 aromatic heterocycles. The molecule has 0 rings (SSSR count). The van der Waals surface area contributed by atoms with Crippen LogP contribution in [0.4, 0.5) is 0 Å². The number of aliphatic hydroxyl groups is 1. The zero-order valence-electron chi connectivity index (χ0n) is 7.10. The Morgan fingerprint density at radius 3 is 2.64 bits per heavy atom. The second-order valence-electron chi connectivity index (χ2n) is 2.49. The number of carbonyl (C=O) groups excluding carboxylic acids is 1. The third kappa shape index (κ3) is 7.33. The van der Waals surface area contributed by atoms with Crippen LogP contribution in [0.15, 0.2) is 0 Å². The Hall–Kier alpha value is -0.570. The van der Waals surface area contributed by atoms with E-state index >= 15 is 0 Å². The van der Waals surface area contributed by atoms with Gasteiger partial charge in [0.05, 0.1) is 0 Å². The van der Waals surface area contributed by atoms with E-state index in [1.54, 1.807) is 0 Å². The predicted octanol–water partition coefficient (Wildman–Crippen LogP) is 0.675. The van der Waals surface area contributed by atoms with E-state index in [-0.39, 0.29) is 12.5 Å². The second-order valence-corrected chi connectivity index (χ2v) is 2.49. The zero-order valence-corrected chi connectivity index (χ0v) is 7.10.